The van der Waals surface area contributed by atoms with Crippen molar-refractivity contribution in [2.45, 2.75) is 12.8 Å². The minimum Gasteiger partial charge on any atom is -0.299 e. The molecule has 1 aromatic carbocycles. The summed E-state index contributed by atoms with van der Waals surface area (Å²) in [7, 11) is 0. The molecule has 1 atom stereocenters. The van der Waals surface area contributed by atoms with E-state index in [9.17, 15) is 4.79 Å². The minimum atomic E-state index is 0.162. The first-order chi connectivity index (χ1) is 6.65. The van der Waals surface area contributed by atoms with Crippen molar-refractivity contribution in [2.75, 3.05) is 0 Å². The van der Waals surface area contributed by atoms with Gasteiger partial charge in [0.1, 0.15) is 6.29 Å². The fourth-order valence-corrected chi connectivity index (χ4v) is 1.43. The van der Waals surface area contributed by atoms with Crippen molar-refractivity contribution >= 4 is 29.5 Å². The lowest BCUT2D eigenvalue weighted by atomic mass is 10.0. The first kappa shape index (κ1) is 11.3. The summed E-state index contributed by atoms with van der Waals surface area (Å²) in [5, 5.41) is 1.08. The highest BCUT2D eigenvalue weighted by Crippen LogP contribution is 2.26. The fourth-order valence-electron chi connectivity index (χ4n) is 1.12. The Hall–Kier alpha value is -0.790. The quantitative estimate of drug-likeness (QED) is 0.568. The molecule has 1 rings (SSSR count). The maximum atomic E-state index is 10.1. The standard InChI is InChI=1S/C11H10Cl2O/c1-8(3-2-6-14)9-4-5-10(12)11(13)7-9/h2-8H,1H3/b3-2+. The smallest absolute Gasteiger partial charge is 0.142 e. The van der Waals surface area contributed by atoms with Gasteiger partial charge in [-0.2, -0.15) is 0 Å². The van der Waals surface area contributed by atoms with Crippen LogP contribution in [0.5, 0.6) is 0 Å². The van der Waals surface area contributed by atoms with Crippen molar-refractivity contribution in [2.24, 2.45) is 0 Å². The van der Waals surface area contributed by atoms with Gasteiger partial charge in [-0.05, 0) is 29.7 Å². The highest BCUT2D eigenvalue weighted by atomic mass is 35.5. The predicted octanol–water partition coefficient (Wildman–Crippen LogP) is 3.85. The number of rotatable bonds is 3. The van der Waals surface area contributed by atoms with Gasteiger partial charge in [-0.15, -0.1) is 0 Å². The molecule has 1 unspecified atom stereocenters. The number of carbonyl (C=O) groups is 1. The van der Waals surface area contributed by atoms with E-state index in [2.05, 4.69) is 0 Å². The van der Waals surface area contributed by atoms with E-state index in [4.69, 9.17) is 23.2 Å². The first-order valence-corrected chi connectivity index (χ1v) is 4.97. The van der Waals surface area contributed by atoms with Crippen LogP contribution in [0.25, 0.3) is 0 Å². The van der Waals surface area contributed by atoms with Crippen molar-refractivity contribution in [3.05, 3.63) is 46.0 Å². The van der Waals surface area contributed by atoms with E-state index in [1.54, 1.807) is 6.07 Å². The number of aldehydes is 1. The molecular weight excluding hydrogens is 219 g/mol. The van der Waals surface area contributed by atoms with Gasteiger partial charge < -0.3 is 0 Å². The molecule has 0 aliphatic carbocycles. The summed E-state index contributed by atoms with van der Waals surface area (Å²) in [6.45, 7) is 1.99. The molecule has 1 nitrogen and oxygen atoms in total. The van der Waals surface area contributed by atoms with Gasteiger partial charge in [0.25, 0.3) is 0 Å². The van der Waals surface area contributed by atoms with Crippen LogP contribution in [-0.4, -0.2) is 6.29 Å². The van der Waals surface area contributed by atoms with Crippen LogP contribution in [-0.2, 0) is 4.79 Å². The Labute approximate surface area is 93.3 Å². The Morgan fingerprint density at radius 1 is 1.29 bits per heavy atom. The molecule has 1 aromatic rings. The summed E-state index contributed by atoms with van der Waals surface area (Å²) in [5.74, 6) is 0.162. The van der Waals surface area contributed by atoms with Crippen LogP contribution in [0.1, 0.15) is 18.4 Å². The molecule has 0 bridgehead atoms. The molecule has 0 N–H and O–H groups in total. The molecule has 0 fully saturated rings. The largest absolute Gasteiger partial charge is 0.299 e. The molecule has 0 saturated carbocycles. The van der Waals surface area contributed by atoms with E-state index in [1.165, 1.54) is 6.08 Å². The summed E-state index contributed by atoms with van der Waals surface area (Å²) in [5.41, 5.74) is 1.04. The van der Waals surface area contributed by atoms with Crippen molar-refractivity contribution in [3.63, 3.8) is 0 Å². The monoisotopic (exact) mass is 228 g/mol. The zero-order chi connectivity index (χ0) is 10.6. The molecular formula is C11H10Cl2O. The van der Waals surface area contributed by atoms with Gasteiger partial charge in [0.05, 0.1) is 10.0 Å². The average molecular weight is 229 g/mol. The number of allylic oxidation sites excluding steroid dienone is 2. The number of halogens is 2. The predicted molar refractivity (Wildman–Crippen MR) is 60.1 cm³/mol. The molecule has 0 heterocycles. The van der Waals surface area contributed by atoms with Gasteiger partial charge in [-0.1, -0.05) is 42.3 Å². The Morgan fingerprint density at radius 2 is 2.00 bits per heavy atom. The third-order valence-corrected chi connectivity index (χ3v) is 2.69. The highest BCUT2D eigenvalue weighted by molar-refractivity contribution is 6.42. The van der Waals surface area contributed by atoms with Crippen LogP contribution in [0.3, 0.4) is 0 Å². The second-order valence-corrected chi connectivity index (χ2v) is 3.80. The minimum absolute atomic E-state index is 0.162. The Bertz CT molecular complexity index is 358. The topological polar surface area (TPSA) is 17.1 Å². The molecule has 0 aromatic heterocycles. The molecule has 0 aliphatic rings. The van der Waals surface area contributed by atoms with Gasteiger partial charge in [0, 0.05) is 0 Å². The Kier molecular flexibility index (Phi) is 4.18. The summed E-state index contributed by atoms with van der Waals surface area (Å²) in [4.78, 5) is 10.1. The third kappa shape index (κ3) is 2.86. The normalized spacial score (nSPS) is 13.1. The maximum Gasteiger partial charge on any atom is 0.142 e. The van der Waals surface area contributed by atoms with E-state index in [1.807, 2.05) is 25.1 Å². The van der Waals surface area contributed by atoms with Crippen LogP contribution in [0.2, 0.25) is 10.0 Å². The zero-order valence-electron chi connectivity index (χ0n) is 7.71. The average Bonchev–Trinajstić information content (AvgIpc) is 2.18. The van der Waals surface area contributed by atoms with Crippen molar-refractivity contribution in [1.29, 1.82) is 0 Å². The second-order valence-electron chi connectivity index (χ2n) is 2.98. The van der Waals surface area contributed by atoms with Crippen molar-refractivity contribution in [1.82, 2.24) is 0 Å². The highest BCUT2D eigenvalue weighted by Gasteiger charge is 2.04. The molecule has 74 valence electrons. The van der Waals surface area contributed by atoms with Crippen LogP contribution >= 0.6 is 23.2 Å². The first-order valence-electron chi connectivity index (χ1n) is 4.22. The number of carbonyl (C=O) groups excluding carboxylic acids is 1. The molecule has 3 heteroatoms. The molecule has 0 amide bonds. The number of hydrogen-bond donors (Lipinski definition) is 0. The molecule has 0 radical (unpaired) electrons. The lowest BCUT2D eigenvalue weighted by molar-refractivity contribution is -0.104. The maximum absolute atomic E-state index is 10.1. The van der Waals surface area contributed by atoms with Gasteiger partial charge in [-0.3, -0.25) is 4.79 Å². The summed E-state index contributed by atoms with van der Waals surface area (Å²) < 4.78 is 0. The molecule has 14 heavy (non-hydrogen) atoms. The van der Waals surface area contributed by atoms with Crippen LogP contribution < -0.4 is 0 Å². The number of hydrogen-bond acceptors (Lipinski definition) is 1. The lowest BCUT2D eigenvalue weighted by Crippen LogP contribution is -1.89. The number of benzene rings is 1. The Balaban J connectivity index is 2.90. The Morgan fingerprint density at radius 3 is 2.57 bits per heavy atom. The SMILES string of the molecule is CC(/C=C/C=O)c1ccc(Cl)c(Cl)c1. The van der Waals surface area contributed by atoms with Gasteiger partial charge in [-0.25, -0.2) is 0 Å². The van der Waals surface area contributed by atoms with Gasteiger partial charge in [0.15, 0.2) is 0 Å². The fraction of sp³-hybridized carbons (Fsp3) is 0.182. The van der Waals surface area contributed by atoms with E-state index in [-0.39, 0.29) is 5.92 Å². The second kappa shape index (κ2) is 5.18. The summed E-state index contributed by atoms with van der Waals surface area (Å²) in [6, 6.07) is 5.46. The molecule has 0 aliphatic heterocycles. The van der Waals surface area contributed by atoms with Gasteiger partial charge >= 0.3 is 0 Å². The van der Waals surface area contributed by atoms with Crippen LogP contribution in [0, 0.1) is 0 Å². The van der Waals surface area contributed by atoms with E-state index in [0.29, 0.717) is 10.0 Å². The van der Waals surface area contributed by atoms with Crippen LogP contribution in [0.4, 0.5) is 0 Å². The zero-order valence-corrected chi connectivity index (χ0v) is 9.22. The molecule has 0 spiro atoms. The van der Waals surface area contributed by atoms with E-state index < -0.39 is 0 Å². The third-order valence-electron chi connectivity index (χ3n) is 1.95. The van der Waals surface area contributed by atoms with E-state index >= 15 is 0 Å². The van der Waals surface area contributed by atoms with Crippen LogP contribution in [0.15, 0.2) is 30.4 Å². The molecule has 0 saturated heterocycles. The van der Waals surface area contributed by atoms with E-state index in [0.717, 1.165) is 11.8 Å². The van der Waals surface area contributed by atoms with Gasteiger partial charge in [0.2, 0.25) is 0 Å². The van der Waals surface area contributed by atoms with Crippen molar-refractivity contribution < 1.29 is 4.79 Å². The lowest BCUT2D eigenvalue weighted by Gasteiger charge is -2.07. The summed E-state index contributed by atoms with van der Waals surface area (Å²) >= 11 is 11.6. The summed E-state index contributed by atoms with van der Waals surface area (Å²) in [6.07, 6.45) is 4.05. The van der Waals surface area contributed by atoms with Crippen molar-refractivity contribution in [3.8, 4) is 0 Å².